The van der Waals surface area contributed by atoms with Crippen LogP contribution in [0.25, 0.3) is 5.69 Å². The molecule has 5 nitrogen and oxygen atoms in total. The fourth-order valence-electron chi connectivity index (χ4n) is 3.43. The molecule has 0 aliphatic heterocycles. The van der Waals surface area contributed by atoms with E-state index in [9.17, 15) is 13.6 Å². The normalized spacial score (nSPS) is 13.3. The molecule has 1 N–H and O–H groups in total. The molecule has 0 saturated heterocycles. The molecule has 1 amide bonds. The Labute approximate surface area is 180 Å². The minimum absolute atomic E-state index is 0.0338. The van der Waals surface area contributed by atoms with Crippen LogP contribution in [0.1, 0.15) is 36.1 Å². The van der Waals surface area contributed by atoms with E-state index in [1.165, 1.54) is 18.9 Å². The lowest BCUT2D eigenvalue weighted by Crippen LogP contribution is -2.25. The Morgan fingerprint density at radius 1 is 1.19 bits per heavy atom. The maximum atomic E-state index is 14.3. The van der Waals surface area contributed by atoms with Crippen molar-refractivity contribution >= 4 is 5.91 Å². The van der Waals surface area contributed by atoms with Crippen LogP contribution < -0.4 is 10.1 Å². The fourth-order valence-corrected chi connectivity index (χ4v) is 3.43. The molecule has 0 bridgehead atoms. The number of benzene rings is 2. The third-order valence-electron chi connectivity index (χ3n) is 5.37. The van der Waals surface area contributed by atoms with Gasteiger partial charge in [0, 0.05) is 24.6 Å². The third kappa shape index (κ3) is 5.10. The van der Waals surface area contributed by atoms with Gasteiger partial charge in [0.05, 0.1) is 11.4 Å². The maximum Gasteiger partial charge on any atom is 0.226 e. The van der Waals surface area contributed by atoms with E-state index in [1.807, 2.05) is 38.1 Å². The topological polar surface area (TPSA) is 56.2 Å². The molecule has 3 aromatic rings. The number of hydrogen-bond donors (Lipinski definition) is 1. The first-order valence-corrected chi connectivity index (χ1v) is 10.5. The molecule has 1 saturated carbocycles. The lowest BCUT2D eigenvalue weighted by molar-refractivity contribution is -0.121. The highest BCUT2D eigenvalue weighted by Crippen LogP contribution is 2.33. The molecule has 7 heteroatoms. The largest absolute Gasteiger partial charge is 0.436 e. The van der Waals surface area contributed by atoms with E-state index in [0.717, 1.165) is 23.4 Å². The van der Waals surface area contributed by atoms with Gasteiger partial charge in [-0.2, -0.15) is 5.10 Å². The van der Waals surface area contributed by atoms with Gasteiger partial charge in [-0.15, -0.1) is 0 Å². The number of halogens is 2. The van der Waals surface area contributed by atoms with Gasteiger partial charge in [0.1, 0.15) is 5.82 Å². The maximum absolute atomic E-state index is 14.3. The lowest BCUT2D eigenvalue weighted by Gasteiger charge is -2.12. The summed E-state index contributed by atoms with van der Waals surface area (Å²) in [5, 5.41) is 7.55. The number of ether oxygens (including phenoxy) is 1. The Morgan fingerprint density at radius 2 is 2.00 bits per heavy atom. The molecule has 1 aliphatic rings. The zero-order chi connectivity index (χ0) is 22.0. The highest BCUT2D eigenvalue weighted by Gasteiger charge is 2.23. The quantitative estimate of drug-likeness (QED) is 0.551. The number of hydrogen-bond acceptors (Lipinski definition) is 3. The Kier molecular flexibility index (Phi) is 6.02. The molecule has 0 unspecified atom stereocenters. The second kappa shape index (κ2) is 8.88. The van der Waals surface area contributed by atoms with Gasteiger partial charge < -0.3 is 10.1 Å². The molecular formula is C24H25F2N3O2. The smallest absolute Gasteiger partial charge is 0.226 e. The standard InChI is InChI=1S/C24H25F2N3O2/c1-15-4-3-5-19(12-15)29-24(31-22-10-8-18(25)13-21(22)26)20(16(2)28-29)9-11-23(30)27-14-17-6-7-17/h3-5,8,10,12-13,17H,6-7,9,11,14H2,1-2H3,(H,27,30). The minimum atomic E-state index is -0.803. The van der Waals surface area contributed by atoms with Gasteiger partial charge in [0.15, 0.2) is 11.6 Å². The van der Waals surface area contributed by atoms with Crippen molar-refractivity contribution < 1.29 is 18.3 Å². The van der Waals surface area contributed by atoms with E-state index >= 15 is 0 Å². The number of nitrogens with zero attached hydrogens (tertiary/aromatic N) is 2. The summed E-state index contributed by atoms with van der Waals surface area (Å²) in [7, 11) is 0. The van der Waals surface area contributed by atoms with Gasteiger partial charge in [-0.1, -0.05) is 12.1 Å². The number of rotatable bonds is 8. The summed E-state index contributed by atoms with van der Waals surface area (Å²) < 4.78 is 35.2. The fraction of sp³-hybridized carbons (Fsp3) is 0.333. The summed E-state index contributed by atoms with van der Waals surface area (Å²) in [6.45, 7) is 4.51. The van der Waals surface area contributed by atoms with Crippen molar-refractivity contribution in [3.05, 3.63) is 70.9 Å². The summed E-state index contributed by atoms with van der Waals surface area (Å²) >= 11 is 0. The first kappa shape index (κ1) is 21.0. The van der Waals surface area contributed by atoms with Crippen molar-refractivity contribution in [3.8, 4) is 17.3 Å². The molecular weight excluding hydrogens is 400 g/mol. The van der Waals surface area contributed by atoms with Crippen LogP contribution in [0.2, 0.25) is 0 Å². The molecule has 0 spiro atoms. The molecule has 1 fully saturated rings. The molecule has 1 aromatic heterocycles. The Balaban J connectivity index is 1.64. The van der Waals surface area contributed by atoms with Crippen LogP contribution in [-0.2, 0) is 11.2 Å². The number of nitrogens with one attached hydrogen (secondary N) is 1. The zero-order valence-electron chi connectivity index (χ0n) is 17.6. The average Bonchev–Trinajstić information content (AvgIpc) is 3.51. The van der Waals surface area contributed by atoms with Gasteiger partial charge in [0.25, 0.3) is 0 Å². The number of amides is 1. The summed E-state index contributed by atoms with van der Waals surface area (Å²) in [5.74, 6) is -0.689. The van der Waals surface area contributed by atoms with Crippen LogP contribution >= 0.6 is 0 Å². The summed E-state index contributed by atoms with van der Waals surface area (Å²) in [5.41, 5.74) is 3.19. The monoisotopic (exact) mass is 425 g/mol. The second-order valence-corrected chi connectivity index (χ2v) is 8.04. The summed E-state index contributed by atoms with van der Waals surface area (Å²) in [4.78, 5) is 12.3. The number of aromatic nitrogens is 2. The van der Waals surface area contributed by atoms with Gasteiger partial charge >= 0.3 is 0 Å². The van der Waals surface area contributed by atoms with Crippen molar-refractivity contribution in [1.29, 1.82) is 0 Å². The first-order valence-electron chi connectivity index (χ1n) is 10.5. The van der Waals surface area contributed by atoms with Crippen LogP contribution in [0, 0.1) is 31.4 Å². The van der Waals surface area contributed by atoms with E-state index in [1.54, 1.807) is 4.68 Å². The third-order valence-corrected chi connectivity index (χ3v) is 5.37. The summed E-state index contributed by atoms with van der Waals surface area (Å²) in [6, 6.07) is 10.8. The van der Waals surface area contributed by atoms with Gasteiger partial charge in [-0.3, -0.25) is 4.79 Å². The van der Waals surface area contributed by atoms with Crippen LogP contribution in [-0.4, -0.2) is 22.2 Å². The molecule has 2 aromatic carbocycles. The van der Waals surface area contributed by atoms with E-state index in [4.69, 9.17) is 4.74 Å². The van der Waals surface area contributed by atoms with Crippen LogP contribution in [0.3, 0.4) is 0 Å². The average molecular weight is 425 g/mol. The minimum Gasteiger partial charge on any atom is -0.436 e. The highest BCUT2D eigenvalue weighted by atomic mass is 19.1. The SMILES string of the molecule is Cc1cccc(-n2nc(C)c(CCC(=O)NCC3CC3)c2Oc2ccc(F)cc2F)c1. The first-order chi connectivity index (χ1) is 14.9. The summed E-state index contributed by atoms with van der Waals surface area (Å²) in [6.07, 6.45) is 3.01. The van der Waals surface area contributed by atoms with Gasteiger partial charge in [-0.05, 0) is 68.9 Å². The Bertz CT molecular complexity index is 1110. The Hall–Kier alpha value is -3.22. The van der Waals surface area contributed by atoms with Crippen molar-refractivity contribution in [3.63, 3.8) is 0 Å². The molecule has 4 rings (SSSR count). The molecule has 0 radical (unpaired) electrons. The second-order valence-electron chi connectivity index (χ2n) is 8.04. The van der Waals surface area contributed by atoms with E-state index in [0.29, 0.717) is 36.0 Å². The highest BCUT2D eigenvalue weighted by molar-refractivity contribution is 5.76. The lowest BCUT2D eigenvalue weighted by atomic mass is 10.1. The van der Waals surface area contributed by atoms with Gasteiger partial charge in [0.2, 0.25) is 11.8 Å². The Morgan fingerprint density at radius 3 is 2.71 bits per heavy atom. The molecule has 1 aliphatic carbocycles. The number of carbonyl (C=O) groups excluding carboxylic acids is 1. The molecule has 1 heterocycles. The number of carbonyl (C=O) groups is 1. The van der Waals surface area contributed by atoms with E-state index in [-0.39, 0.29) is 18.1 Å². The van der Waals surface area contributed by atoms with Gasteiger partial charge in [-0.25, -0.2) is 13.5 Å². The predicted octanol–water partition coefficient (Wildman–Crippen LogP) is 5.02. The van der Waals surface area contributed by atoms with Crippen LogP contribution in [0.15, 0.2) is 42.5 Å². The van der Waals surface area contributed by atoms with Crippen molar-refractivity contribution in [1.82, 2.24) is 15.1 Å². The predicted molar refractivity (Wildman–Crippen MR) is 114 cm³/mol. The molecule has 0 atom stereocenters. The molecule has 162 valence electrons. The van der Waals surface area contributed by atoms with E-state index in [2.05, 4.69) is 10.4 Å². The van der Waals surface area contributed by atoms with Crippen LogP contribution in [0.5, 0.6) is 11.6 Å². The van der Waals surface area contributed by atoms with Crippen LogP contribution in [0.4, 0.5) is 8.78 Å². The van der Waals surface area contributed by atoms with E-state index < -0.39 is 11.6 Å². The van der Waals surface area contributed by atoms with Crippen molar-refractivity contribution in [2.75, 3.05) is 6.54 Å². The number of aryl methyl sites for hydroxylation is 2. The molecule has 31 heavy (non-hydrogen) atoms. The van der Waals surface area contributed by atoms with Crippen molar-refractivity contribution in [2.45, 2.75) is 39.5 Å². The van der Waals surface area contributed by atoms with Crippen molar-refractivity contribution in [2.24, 2.45) is 5.92 Å². The zero-order valence-corrected chi connectivity index (χ0v) is 17.6.